The molecule has 4 aromatic heterocycles. The first-order chi connectivity index (χ1) is 15.8. The Hall–Kier alpha value is -3.70. The van der Waals surface area contributed by atoms with E-state index in [1.807, 2.05) is 0 Å². The number of nitrogens with one attached hydrogen (secondary N) is 3. The molecule has 4 aromatic rings. The summed E-state index contributed by atoms with van der Waals surface area (Å²) in [6.45, 7) is -1.27. The molecule has 3 N–H and O–H groups in total. The number of pyridine rings is 1. The second kappa shape index (κ2) is 8.01. The second-order valence-corrected chi connectivity index (χ2v) is 7.95. The number of hydrogen-bond donors (Lipinski definition) is 3. The summed E-state index contributed by atoms with van der Waals surface area (Å²) < 4.78 is 54.2. The van der Waals surface area contributed by atoms with Crippen molar-refractivity contribution in [3.8, 4) is 11.1 Å². The molecule has 1 saturated carbocycles. The van der Waals surface area contributed by atoms with E-state index < -0.39 is 37.3 Å². The topological polar surface area (TPSA) is 100 Å². The zero-order valence-electron chi connectivity index (χ0n) is 17.2. The van der Waals surface area contributed by atoms with Gasteiger partial charge in [0.1, 0.15) is 5.65 Å². The Morgan fingerprint density at radius 1 is 1.30 bits per heavy atom. The van der Waals surface area contributed by atoms with Crippen molar-refractivity contribution in [3.05, 3.63) is 42.5 Å². The molecule has 33 heavy (non-hydrogen) atoms. The van der Waals surface area contributed by atoms with E-state index in [0.717, 1.165) is 5.56 Å². The van der Waals surface area contributed by atoms with Gasteiger partial charge in [-0.15, -0.1) is 0 Å². The lowest BCUT2D eigenvalue weighted by atomic mass is 10.1. The van der Waals surface area contributed by atoms with E-state index in [4.69, 9.17) is 0 Å². The average Bonchev–Trinajstić information content (AvgIpc) is 3.46. The average molecular weight is 461 g/mol. The number of hydrogen-bond acceptors (Lipinski definition) is 5. The van der Waals surface area contributed by atoms with Crippen LogP contribution < -0.4 is 10.6 Å². The number of H-pyrrole nitrogens is 1. The van der Waals surface area contributed by atoms with Crippen molar-refractivity contribution in [3.63, 3.8) is 0 Å². The van der Waals surface area contributed by atoms with Gasteiger partial charge < -0.3 is 15.6 Å². The van der Waals surface area contributed by atoms with Gasteiger partial charge in [-0.1, -0.05) is 0 Å². The van der Waals surface area contributed by atoms with E-state index in [2.05, 4.69) is 30.7 Å². The van der Waals surface area contributed by atoms with Crippen molar-refractivity contribution in [1.82, 2.24) is 29.9 Å². The summed E-state index contributed by atoms with van der Waals surface area (Å²) in [4.78, 5) is 23.7. The number of rotatable bonds is 8. The third-order valence-electron chi connectivity index (χ3n) is 5.58. The highest BCUT2D eigenvalue weighted by Crippen LogP contribution is 2.43. The standard InChI is InChI=1S/C21H19F4N7O/c22-17(23)9-27-19(33)15-8-30-32-4-3-11(5-16(15)32)13-6-26-18-14(13)7-28-20(31-18)29-10-21(24,25)12-1-2-12/h3-8,12,17H,1-2,9-10H2,(H,27,33)(H2,26,28,29,31). The smallest absolute Gasteiger partial charge is 0.267 e. The third kappa shape index (κ3) is 4.20. The molecule has 4 heterocycles. The zero-order chi connectivity index (χ0) is 23.2. The summed E-state index contributed by atoms with van der Waals surface area (Å²) in [6, 6.07) is 3.47. The van der Waals surface area contributed by atoms with Gasteiger partial charge in [-0.05, 0) is 30.5 Å². The third-order valence-corrected chi connectivity index (χ3v) is 5.58. The van der Waals surface area contributed by atoms with Gasteiger partial charge in [0.15, 0.2) is 0 Å². The molecule has 1 amide bonds. The lowest BCUT2D eigenvalue weighted by Crippen LogP contribution is -2.29. The van der Waals surface area contributed by atoms with E-state index in [-0.39, 0.29) is 11.5 Å². The molecule has 0 saturated heterocycles. The highest BCUT2D eigenvalue weighted by molar-refractivity contribution is 6.02. The van der Waals surface area contributed by atoms with Crippen LogP contribution in [0.4, 0.5) is 23.5 Å². The van der Waals surface area contributed by atoms with E-state index in [9.17, 15) is 22.4 Å². The van der Waals surface area contributed by atoms with Crippen molar-refractivity contribution in [2.75, 3.05) is 18.4 Å². The summed E-state index contributed by atoms with van der Waals surface area (Å²) in [6.07, 6.45) is 4.59. The van der Waals surface area contributed by atoms with Gasteiger partial charge in [0.25, 0.3) is 18.3 Å². The van der Waals surface area contributed by atoms with Crippen molar-refractivity contribution < 1.29 is 22.4 Å². The Kier molecular flexibility index (Phi) is 5.14. The number of amides is 1. The molecule has 0 aromatic carbocycles. The molecule has 1 fully saturated rings. The van der Waals surface area contributed by atoms with Crippen LogP contribution in [0.3, 0.4) is 0 Å². The predicted molar refractivity (Wildman–Crippen MR) is 113 cm³/mol. The van der Waals surface area contributed by atoms with Crippen LogP contribution in [0.1, 0.15) is 23.2 Å². The van der Waals surface area contributed by atoms with Gasteiger partial charge in [-0.3, -0.25) is 4.79 Å². The van der Waals surface area contributed by atoms with Gasteiger partial charge in [0.2, 0.25) is 5.95 Å². The highest BCUT2D eigenvalue weighted by Gasteiger charge is 2.46. The van der Waals surface area contributed by atoms with Crippen LogP contribution >= 0.6 is 0 Å². The first kappa shape index (κ1) is 21.2. The maximum atomic E-state index is 13.9. The fourth-order valence-corrected chi connectivity index (χ4v) is 3.67. The van der Waals surface area contributed by atoms with Crippen molar-refractivity contribution in [2.24, 2.45) is 5.92 Å². The Morgan fingerprint density at radius 3 is 2.88 bits per heavy atom. The number of anilines is 1. The maximum Gasteiger partial charge on any atom is 0.267 e. The van der Waals surface area contributed by atoms with E-state index in [1.165, 1.54) is 16.9 Å². The lowest BCUT2D eigenvalue weighted by molar-refractivity contribution is -0.00832. The van der Waals surface area contributed by atoms with Gasteiger partial charge in [0, 0.05) is 35.5 Å². The van der Waals surface area contributed by atoms with Gasteiger partial charge in [0.05, 0.1) is 30.4 Å². The fraction of sp³-hybridized carbons (Fsp3) is 0.333. The molecule has 1 aliphatic carbocycles. The van der Waals surface area contributed by atoms with Crippen LogP contribution in [0.15, 0.2) is 36.9 Å². The number of alkyl halides is 4. The maximum absolute atomic E-state index is 13.9. The first-order valence-corrected chi connectivity index (χ1v) is 10.3. The Labute approximate surface area is 184 Å². The highest BCUT2D eigenvalue weighted by atomic mass is 19.3. The Morgan fingerprint density at radius 2 is 2.12 bits per heavy atom. The molecular formula is C21H19F4N7O. The summed E-state index contributed by atoms with van der Waals surface area (Å²) >= 11 is 0. The van der Waals surface area contributed by atoms with Crippen LogP contribution in [0.25, 0.3) is 27.7 Å². The summed E-state index contributed by atoms with van der Waals surface area (Å²) in [5.74, 6) is -3.92. The molecule has 0 aliphatic heterocycles. The minimum atomic E-state index is -2.79. The summed E-state index contributed by atoms with van der Waals surface area (Å²) in [7, 11) is 0. The van der Waals surface area contributed by atoms with Crippen LogP contribution in [0.2, 0.25) is 0 Å². The number of aromatic nitrogens is 5. The molecule has 12 heteroatoms. The molecule has 5 rings (SSSR count). The minimum Gasteiger partial charge on any atom is -0.348 e. The number of aromatic amines is 1. The predicted octanol–water partition coefficient (Wildman–Crippen LogP) is 3.72. The van der Waals surface area contributed by atoms with Gasteiger partial charge >= 0.3 is 0 Å². The fourth-order valence-electron chi connectivity index (χ4n) is 3.67. The summed E-state index contributed by atoms with van der Waals surface area (Å²) in [5, 5.41) is 9.52. The van der Waals surface area contributed by atoms with E-state index in [0.29, 0.717) is 35.0 Å². The van der Waals surface area contributed by atoms with Gasteiger partial charge in [-0.2, -0.15) is 10.1 Å². The molecule has 0 unspecified atom stereocenters. The molecule has 0 bridgehead atoms. The minimum absolute atomic E-state index is 0.0976. The number of carbonyl (C=O) groups excluding carboxylic acids is 1. The SMILES string of the molecule is O=C(NCC(F)F)c1cnn2ccc(-c3c[nH]c4nc(NCC(F)(F)C5CC5)ncc34)cc12. The van der Waals surface area contributed by atoms with Crippen molar-refractivity contribution >= 4 is 28.4 Å². The zero-order valence-corrected chi connectivity index (χ0v) is 17.2. The first-order valence-electron chi connectivity index (χ1n) is 10.3. The quantitative estimate of drug-likeness (QED) is 0.347. The van der Waals surface area contributed by atoms with E-state index >= 15 is 0 Å². The molecule has 8 nitrogen and oxygen atoms in total. The Bertz CT molecular complexity index is 1330. The number of nitrogens with zero attached hydrogens (tertiary/aromatic N) is 4. The van der Waals surface area contributed by atoms with Crippen LogP contribution in [0.5, 0.6) is 0 Å². The number of halogens is 4. The second-order valence-electron chi connectivity index (χ2n) is 7.95. The molecular weight excluding hydrogens is 442 g/mol. The number of fused-ring (bicyclic) bond motifs is 2. The molecule has 1 aliphatic rings. The van der Waals surface area contributed by atoms with Gasteiger partial charge in [-0.25, -0.2) is 27.1 Å². The molecule has 0 radical (unpaired) electrons. The monoisotopic (exact) mass is 461 g/mol. The van der Waals surface area contributed by atoms with E-state index in [1.54, 1.807) is 24.5 Å². The van der Waals surface area contributed by atoms with Crippen LogP contribution in [-0.2, 0) is 0 Å². The number of carbonyl (C=O) groups is 1. The van der Waals surface area contributed by atoms with Crippen LogP contribution in [-0.4, -0.2) is 55.9 Å². The molecule has 172 valence electrons. The summed E-state index contributed by atoms with van der Waals surface area (Å²) in [5.41, 5.74) is 2.50. The van der Waals surface area contributed by atoms with Crippen LogP contribution in [0, 0.1) is 5.92 Å². The molecule has 0 spiro atoms. The Balaban J connectivity index is 1.41. The van der Waals surface area contributed by atoms with Crippen molar-refractivity contribution in [1.29, 1.82) is 0 Å². The molecule has 0 atom stereocenters. The van der Waals surface area contributed by atoms with Crippen molar-refractivity contribution in [2.45, 2.75) is 25.2 Å². The largest absolute Gasteiger partial charge is 0.348 e. The lowest BCUT2D eigenvalue weighted by Gasteiger charge is -2.15. The normalized spacial score (nSPS) is 14.3.